The summed E-state index contributed by atoms with van der Waals surface area (Å²) in [6.45, 7) is 0. The van der Waals surface area contributed by atoms with Crippen LogP contribution in [0.25, 0.3) is 11.1 Å². The van der Waals surface area contributed by atoms with Crippen LogP contribution in [0.15, 0.2) is 54.6 Å². The summed E-state index contributed by atoms with van der Waals surface area (Å²) in [7, 11) is 0. The minimum absolute atomic E-state index is 0.00521. The first kappa shape index (κ1) is 18.8. The van der Waals surface area contributed by atoms with Gasteiger partial charge in [0.15, 0.2) is 0 Å². The smallest absolute Gasteiger partial charge is 0.347 e. The molecule has 0 spiro atoms. The molecular formula is C20H13F2NO5. The second-order valence-electron chi connectivity index (χ2n) is 5.81. The average Bonchev–Trinajstić information content (AvgIpc) is 2.62. The number of anilines is 1. The Labute approximate surface area is 157 Å². The molecule has 3 aromatic rings. The molecule has 0 radical (unpaired) electrons. The van der Waals surface area contributed by atoms with Gasteiger partial charge in [-0.25, -0.2) is 18.4 Å². The predicted octanol–water partition coefficient (Wildman–Crippen LogP) is 3.84. The Morgan fingerprint density at radius 1 is 0.929 bits per heavy atom. The number of phenolic OH excluding ortho intramolecular Hbond substituents is 1. The standard InChI is InChI=1S/C20H13F2NO5/c21-11-2-4-13(16(22)8-11)10-1-6-17(24)15(7-10)20(27)28-18-9-12(23)3-5-14(18)19(25)26/h1-9,24H,23H2,(H,25,26). The molecule has 4 N–H and O–H groups in total. The predicted molar refractivity (Wildman–Crippen MR) is 96.2 cm³/mol. The van der Waals surface area contributed by atoms with E-state index in [4.69, 9.17) is 10.5 Å². The molecule has 0 aromatic heterocycles. The van der Waals surface area contributed by atoms with E-state index in [0.717, 1.165) is 24.3 Å². The van der Waals surface area contributed by atoms with Gasteiger partial charge in [0.05, 0.1) is 0 Å². The lowest BCUT2D eigenvalue weighted by molar-refractivity contribution is 0.0681. The maximum Gasteiger partial charge on any atom is 0.347 e. The highest BCUT2D eigenvalue weighted by Gasteiger charge is 2.20. The van der Waals surface area contributed by atoms with Gasteiger partial charge >= 0.3 is 11.9 Å². The highest BCUT2D eigenvalue weighted by molar-refractivity contribution is 5.98. The van der Waals surface area contributed by atoms with Gasteiger partial charge in [-0.2, -0.15) is 0 Å². The van der Waals surface area contributed by atoms with Crippen LogP contribution in [0.2, 0.25) is 0 Å². The summed E-state index contributed by atoms with van der Waals surface area (Å²) in [4.78, 5) is 23.7. The van der Waals surface area contributed by atoms with E-state index in [-0.39, 0.29) is 33.7 Å². The van der Waals surface area contributed by atoms with E-state index < -0.39 is 29.3 Å². The van der Waals surface area contributed by atoms with Crippen LogP contribution in [0.5, 0.6) is 11.5 Å². The van der Waals surface area contributed by atoms with E-state index in [1.165, 1.54) is 24.3 Å². The maximum absolute atomic E-state index is 14.0. The van der Waals surface area contributed by atoms with Gasteiger partial charge in [0.25, 0.3) is 0 Å². The summed E-state index contributed by atoms with van der Waals surface area (Å²) in [5.41, 5.74) is 5.32. The van der Waals surface area contributed by atoms with Crippen LogP contribution in [0.3, 0.4) is 0 Å². The summed E-state index contributed by atoms with van der Waals surface area (Å²) >= 11 is 0. The molecular weight excluding hydrogens is 372 g/mol. The first-order valence-electron chi connectivity index (χ1n) is 7.89. The normalized spacial score (nSPS) is 10.5. The molecule has 28 heavy (non-hydrogen) atoms. The number of esters is 1. The molecule has 0 aliphatic rings. The number of carbonyl (C=O) groups is 2. The van der Waals surface area contributed by atoms with Crippen molar-refractivity contribution in [2.75, 3.05) is 5.73 Å². The molecule has 0 aliphatic carbocycles. The molecule has 8 heteroatoms. The number of hydrogen-bond acceptors (Lipinski definition) is 5. The van der Waals surface area contributed by atoms with Crippen LogP contribution in [-0.2, 0) is 0 Å². The minimum atomic E-state index is -1.34. The van der Waals surface area contributed by atoms with Crippen LogP contribution in [0, 0.1) is 11.6 Å². The summed E-state index contributed by atoms with van der Waals surface area (Å²) in [6.07, 6.45) is 0. The summed E-state index contributed by atoms with van der Waals surface area (Å²) < 4.78 is 32.2. The lowest BCUT2D eigenvalue weighted by Crippen LogP contribution is -2.12. The first-order chi connectivity index (χ1) is 13.3. The molecule has 0 fully saturated rings. The zero-order valence-electron chi connectivity index (χ0n) is 14.1. The van der Waals surface area contributed by atoms with Crippen molar-refractivity contribution in [1.82, 2.24) is 0 Å². The number of carboxylic acid groups (broad SMARTS) is 1. The Morgan fingerprint density at radius 2 is 1.68 bits per heavy atom. The number of nitrogen functional groups attached to an aromatic ring is 1. The van der Waals surface area contributed by atoms with Gasteiger partial charge in [-0.1, -0.05) is 6.07 Å². The Hall–Kier alpha value is -3.94. The number of aromatic hydroxyl groups is 1. The van der Waals surface area contributed by atoms with Crippen molar-refractivity contribution in [1.29, 1.82) is 0 Å². The van der Waals surface area contributed by atoms with Gasteiger partial charge in [0, 0.05) is 23.4 Å². The largest absolute Gasteiger partial charge is 0.507 e. The molecule has 0 saturated heterocycles. The van der Waals surface area contributed by atoms with E-state index in [2.05, 4.69) is 0 Å². The fourth-order valence-electron chi connectivity index (χ4n) is 2.55. The average molecular weight is 385 g/mol. The number of carbonyl (C=O) groups excluding carboxylic acids is 1. The molecule has 0 aliphatic heterocycles. The summed E-state index contributed by atoms with van der Waals surface area (Å²) in [5.74, 6) is -4.80. The number of carboxylic acids is 1. The number of nitrogens with two attached hydrogens (primary N) is 1. The van der Waals surface area contributed by atoms with E-state index >= 15 is 0 Å². The second kappa shape index (κ2) is 7.36. The summed E-state index contributed by atoms with van der Waals surface area (Å²) in [6, 6.07) is 10.2. The Bertz CT molecular complexity index is 1100. The minimum Gasteiger partial charge on any atom is -0.507 e. The highest BCUT2D eigenvalue weighted by atomic mass is 19.1. The number of aromatic carboxylic acids is 1. The van der Waals surface area contributed by atoms with Crippen molar-refractivity contribution in [3.8, 4) is 22.6 Å². The van der Waals surface area contributed by atoms with Gasteiger partial charge in [0.2, 0.25) is 0 Å². The van der Waals surface area contributed by atoms with Crippen LogP contribution in [0.1, 0.15) is 20.7 Å². The molecule has 142 valence electrons. The van der Waals surface area contributed by atoms with Crippen LogP contribution in [-0.4, -0.2) is 22.2 Å². The maximum atomic E-state index is 14.0. The highest BCUT2D eigenvalue weighted by Crippen LogP contribution is 2.30. The number of phenols is 1. The first-order valence-corrected chi connectivity index (χ1v) is 7.89. The number of ether oxygens (including phenoxy) is 1. The quantitative estimate of drug-likeness (QED) is 0.358. The van der Waals surface area contributed by atoms with Gasteiger partial charge in [0.1, 0.15) is 34.3 Å². The van der Waals surface area contributed by atoms with Gasteiger partial charge in [-0.15, -0.1) is 0 Å². The lowest BCUT2D eigenvalue weighted by Gasteiger charge is -2.11. The SMILES string of the molecule is Nc1ccc(C(=O)O)c(OC(=O)c2cc(-c3ccc(F)cc3F)ccc2O)c1. The zero-order valence-corrected chi connectivity index (χ0v) is 14.1. The van der Waals surface area contributed by atoms with Crippen molar-refractivity contribution < 1.29 is 33.3 Å². The van der Waals surface area contributed by atoms with E-state index in [9.17, 15) is 28.6 Å². The zero-order chi connectivity index (χ0) is 20.4. The molecule has 3 rings (SSSR count). The second-order valence-corrected chi connectivity index (χ2v) is 5.81. The monoisotopic (exact) mass is 385 g/mol. The number of hydrogen-bond donors (Lipinski definition) is 3. The van der Waals surface area contributed by atoms with Crippen molar-refractivity contribution in [3.63, 3.8) is 0 Å². The molecule has 0 atom stereocenters. The van der Waals surface area contributed by atoms with Gasteiger partial charge in [-0.05, 0) is 42.0 Å². The van der Waals surface area contributed by atoms with E-state index in [1.54, 1.807) is 0 Å². The Kier molecular flexibility index (Phi) is 4.95. The number of rotatable bonds is 4. The molecule has 0 bridgehead atoms. The van der Waals surface area contributed by atoms with Crippen molar-refractivity contribution in [3.05, 3.63) is 77.4 Å². The van der Waals surface area contributed by atoms with E-state index in [1.807, 2.05) is 0 Å². The Balaban J connectivity index is 1.99. The van der Waals surface area contributed by atoms with E-state index in [0.29, 0.717) is 6.07 Å². The molecule has 6 nitrogen and oxygen atoms in total. The molecule has 0 amide bonds. The van der Waals surface area contributed by atoms with Crippen molar-refractivity contribution in [2.24, 2.45) is 0 Å². The molecule has 0 unspecified atom stereocenters. The van der Waals surface area contributed by atoms with Crippen molar-refractivity contribution >= 4 is 17.6 Å². The molecule has 0 saturated carbocycles. The third kappa shape index (κ3) is 3.75. The van der Waals surface area contributed by atoms with Crippen molar-refractivity contribution in [2.45, 2.75) is 0 Å². The van der Waals surface area contributed by atoms with Crippen LogP contribution >= 0.6 is 0 Å². The fraction of sp³-hybridized carbons (Fsp3) is 0. The fourth-order valence-corrected chi connectivity index (χ4v) is 2.55. The third-order valence-corrected chi connectivity index (χ3v) is 3.90. The van der Waals surface area contributed by atoms with Gasteiger partial charge in [-0.3, -0.25) is 0 Å². The van der Waals surface area contributed by atoms with Gasteiger partial charge < -0.3 is 20.7 Å². The lowest BCUT2D eigenvalue weighted by atomic mass is 10.0. The summed E-state index contributed by atoms with van der Waals surface area (Å²) in [5, 5.41) is 19.2. The number of benzene rings is 3. The van der Waals surface area contributed by atoms with Crippen LogP contribution < -0.4 is 10.5 Å². The molecule has 3 aromatic carbocycles. The molecule has 0 heterocycles. The van der Waals surface area contributed by atoms with Crippen LogP contribution in [0.4, 0.5) is 14.5 Å². The topological polar surface area (TPSA) is 110 Å². The Morgan fingerprint density at radius 3 is 2.36 bits per heavy atom. The number of halogens is 2. The third-order valence-electron chi connectivity index (χ3n) is 3.90.